The molecule has 0 aliphatic carbocycles. The van der Waals surface area contributed by atoms with E-state index < -0.39 is 0 Å². The number of benzene rings is 2. The number of carbonyl (C=O) groups excluding carboxylic acids is 1. The molecule has 0 atom stereocenters. The predicted octanol–water partition coefficient (Wildman–Crippen LogP) is 4.70. The summed E-state index contributed by atoms with van der Waals surface area (Å²) in [6, 6.07) is 14.7. The Hall–Kier alpha value is -2.63. The van der Waals surface area contributed by atoms with Crippen LogP contribution in [0, 0.1) is 6.92 Å². The van der Waals surface area contributed by atoms with Crippen LogP contribution >= 0.6 is 11.6 Å². The van der Waals surface area contributed by atoms with Crippen molar-refractivity contribution in [2.45, 2.75) is 13.5 Å². The van der Waals surface area contributed by atoms with Crippen molar-refractivity contribution in [1.82, 2.24) is 5.16 Å². The summed E-state index contributed by atoms with van der Waals surface area (Å²) in [7, 11) is 1.61. The summed E-state index contributed by atoms with van der Waals surface area (Å²) in [5, 5.41) is 7.43. The number of anilines is 1. The highest BCUT2D eigenvalue weighted by Gasteiger charge is 2.23. The smallest absolute Gasteiger partial charge is 0.261 e. The molecule has 5 nitrogen and oxygen atoms in total. The second-order valence-electron chi connectivity index (χ2n) is 5.49. The van der Waals surface area contributed by atoms with E-state index in [0.29, 0.717) is 39.9 Å². The van der Waals surface area contributed by atoms with Crippen molar-refractivity contribution < 1.29 is 14.1 Å². The molecule has 0 fully saturated rings. The molecule has 0 saturated heterocycles. The summed E-state index contributed by atoms with van der Waals surface area (Å²) in [6.45, 7) is 2.10. The van der Waals surface area contributed by atoms with Crippen LogP contribution in [-0.4, -0.2) is 18.2 Å². The van der Waals surface area contributed by atoms with Crippen molar-refractivity contribution in [3.63, 3.8) is 0 Å². The number of nitrogens with one attached hydrogen (secondary N) is 1. The van der Waals surface area contributed by atoms with Gasteiger partial charge in [-0.2, -0.15) is 0 Å². The molecule has 0 aliphatic heterocycles. The van der Waals surface area contributed by atoms with Gasteiger partial charge in [-0.05, 0) is 19.1 Å². The second-order valence-corrected chi connectivity index (χ2v) is 5.89. The molecule has 3 rings (SSSR count). The molecular formula is C19H17ClN2O3. The van der Waals surface area contributed by atoms with Crippen molar-refractivity contribution in [3.05, 3.63) is 70.4 Å². The molecule has 0 unspecified atom stereocenters. The van der Waals surface area contributed by atoms with Crippen LogP contribution in [0.2, 0.25) is 5.02 Å². The van der Waals surface area contributed by atoms with Crippen LogP contribution in [-0.2, 0) is 11.3 Å². The maximum absolute atomic E-state index is 12.9. The Kier molecular flexibility index (Phi) is 5.16. The molecule has 3 aromatic rings. The molecule has 25 heavy (non-hydrogen) atoms. The fraction of sp³-hybridized carbons (Fsp3) is 0.158. The number of para-hydroxylation sites is 1. The molecule has 1 amide bonds. The Balaban J connectivity index is 1.97. The molecule has 6 heteroatoms. The first-order valence-corrected chi connectivity index (χ1v) is 8.09. The lowest BCUT2D eigenvalue weighted by molar-refractivity contribution is 0.102. The first-order valence-electron chi connectivity index (χ1n) is 7.71. The van der Waals surface area contributed by atoms with E-state index in [1.807, 2.05) is 36.4 Å². The van der Waals surface area contributed by atoms with Gasteiger partial charge in [0.1, 0.15) is 17.0 Å². The normalized spacial score (nSPS) is 10.7. The third-order valence-corrected chi connectivity index (χ3v) is 4.11. The van der Waals surface area contributed by atoms with Gasteiger partial charge in [0.15, 0.2) is 0 Å². The number of nitrogens with zero attached hydrogens (tertiary/aromatic N) is 1. The highest BCUT2D eigenvalue weighted by atomic mass is 35.5. The second kappa shape index (κ2) is 7.51. The zero-order valence-corrected chi connectivity index (χ0v) is 14.6. The minimum atomic E-state index is -0.308. The number of amides is 1. The summed E-state index contributed by atoms with van der Waals surface area (Å²) in [4.78, 5) is 12.9. The Labute approximate surface area is 150 Å². The lowest BCUT2D eigenvalue weighted by Crippen LogP contribution is -2.15. The zero-order valence-electron chi connectivity index (χ0n) is 13.9. The molecule has 0 aliphatic rings. The van der Waals surface area contributed by atoms with E-state index in [1.54, 1.807) is 26.2 Å². The fourth-order valence-corrected chi connectivity index (χ4v) is 2.81. The van der Waals surface area contributed by atoms with E-state index >= 15 is 0 Å². The Morgan fingerprint density at radius 3 is 2.68 bits per heavy atom. The van der Waals surface area contributed by atoms with Gasteiger partial charge in [-0.1, -0.05) is 53.2 Å². The molecule has 0 radical (unpaired) electrons. The molecule has 1 aromatic heterocycles. The van der Waals surface area contributed by atoms with E-state index in [1.165, 1.54) is 0 Å². The van der Waals surface area contributed by atoms with Gasteiger partial charge in [0.2, 0.25) is 0 Å². The van der Waals surface area contributed by atoms with Gasteiger partial charge in [-0.3, -0.25) is 4.79 Å². The van der Waals surface area contributed by atoms with Crippen molar-refractivity contribution in [1.29, 1.82) is 0 Å². The van der Waals surface area contributed by atoms with Crippen molar-refractivity contribution in [2.24, 2.45) is 0 Å². The monoisotopic (exact) mass is 356 g/mol. The fourth-order valence-electron chi connectivity index (χ4n) is 2.59. The lowest BCUT2D eigenvalue weighted by Gasteiger charge is -2.11. The topological polar surface area (TPSA) is 64.4 Å². The summed E-state index contributed by atoms with van der Waals surface area (Å²) in [5.41, 5.74) is 2.99. The van der Waals surface area contributed by atoms with Crippen LogP contribution in [0.15, 0.2) is 53.1 Å². The predicted molar refractivity (Wildman–Crippen MR) is 96.8 cm³/mol. The Morgan fingerprint density at radius 1 is 1.20 bits per heavy atom. The number of halogens is 1. The summed E-state index contributed by atoms with van der Waals surface area (Å²) in [6.07, 6.45) is 0. The van der Waals surface area contributed by atoms with Crippen molar-refractivity contribution >= 4 is 23.2 Å². The third kappa shape index (κ3) is 3.57. The van der Waals surface area contributed by atoms with Crippen LogP contribution in [0.3, 0.4) is 0 Å². The highest BCUT2D eigenvalue weighted by molar-refractivity contribution is 6.33. The van der Waals surface area contributed by atoms with Crippen LogP contribution < -0.4 is 5.32 Å². The molecule has 2 aromatic carbocycles. The number of carbonyl (C=O) groups is 1. The summed E-state index contributed by atoms with van der Waals surface area (Å²) >= 11 is 6.24. The largest absolute Gasteiger partial charge is 0.380 e. The maximum Gasteiger partial charge on any atom is 0.261 e. The van der Waals surface area contributed by atoms with E-state index in [4.69, 9.17) is 20.9 Å². The molecule has 0 spiro atoms. The average Bonchev–Trinajstić information content (AvgIpc) is 2.99. The summed E-state index contributed by atoms with van der Waals surface area (Å²) in [5.74, 6) is 0.119. The SMILES string of the molecule is COCc1ccccc1NC(=O)c1c(-c2ccccc2Cl)noc1C. The molecule has 1 heterocycles. The lowest BCUT2D eigenvalue weighted by atomic mass is 10.1. The highest BCUT2D eigenvalue weighted by Crippen LogP contribution is 2.31. The number of hydrogen-bond acceptors (Lipinski definition) is 4. The zero-order chi connectivity index (χ0) is 17.8. The van der Waals surface area contributed by atoms with Gasteiger partial charge in [0.25, 0.3) is 5.91 Å². The van der Waals surface area contributed by atoms with Crippen LogP contribution in [0.5, 0.6) is 0 Å². The van der Waals surface area contributed by atoms with Gasteiger partial charge < -0.3 is 14.6 Å². The van der Waals surface area contributed by atoms with Crippen LogP contribution in [0.25, 0.3) is 11.3 Å². The van der Waals surface area contributed by atoms with E-state index in [-0.39, 0.29) is 5.91 Å². The third-order valence-electron chi connectivity index (χ3n) is 3.78. The number of ether oxygens (including phenoxy) is 1. The van der Waals surface area contributed by atoms with Crippen LogP contribution in [0.1, 0.15) is 21.7 Å². The molecule has 0 saturated carbocycles. The van der Waals surface area contributed by atoms with E-state index in [9.17, 15) is 4.79 Å². The number of hydrogen-bond donors (Lipinski definition) is 1. The van der Waals surface area contributed by atoms with Gasteiger partial charge in [-0.15, -0.1) is 0 Å². The minimum absolute atomic E-state index is 0.308. The van der Waals surface area contributed by atoms with Gasteiger partial charge >= 0.3 is 0 Å². The number of aryl methyl sites for hydroxylation is 1. The Morgan fingerprint density at radius 2 is 1.92 bits per heavy atom. The van der Waals surface area contributed by atoms with Gasteiger partial charge in [0.05, 0.1) is 11.6 Å². The van der Waals surface area contributed by atoms with Crippen LogP contribution in [0.4, 0.5) is 5.69 Å². The van der Waals surface area contributed by atoms with E-state index in [0.717, 1.165) is 5.56 Å². The first-order chi connectivity index (χ1) is 12.1. The average molecular weight is 357 g/mol. The van der Waals surface area contributed by atoms with Gasteiger partial charge in [-0.25, -0.2) is 0 Å². The van der Waals surface area contributed by atoms with Crippen molar-refractivity contribution in [3.8, 4) is 11.3 Å². The maximum atomic E-state index is 12.9. The van der Waals surface area contributed by atoms with Crippen molar-refractivity contribution in [2.75, 3.05) is 12.4 Å². The molecule has 0 bridgehead atoms. The minimum Gasteiger partial charge on any atom is -0.380 e. The molecule has 1 N–H and O–H groups in total. The quantitative estimate of drug-likeness (QED) is 0.719. The van der Waals surface area contributed by atoms with Gasteiger partial charge in [0, 0.05) is 23.9 Å². The first kappa shape index (κ1) is 17.2. The molecular weight excluding hydrogens is 340 g/mol. The number of aromatic nitrogens is 1. The number of rotatable bonds is 5. The number of methoxy groups -OCH3 is 1. The van der Waals surface area contributed by atoms with E-state index in [2.05, 4.69) is 10.5 Å². The summed E-state index contributed by atoms with van der Waals surface area (Å²) < 4.78 is 10.4. The molecule has 128 valence electrons. The Bertz CT molecular complexity index is 905. The standard InChI is InChI=1S/C19H17ClN2O3/c1-12-17(18(22-25-12)14-8-4-5-9-15(14)20)19(23)21-16-10-6-3-7-13(16)11-24-2/h3-10H,11H2,1-2H3,(H,21,23).